The molecule has 0 atom stereocenters. The highest BCUT2D eigenvalue weighted by Gasteiger charge is 2.31. The SMILES string of the molecule is CC(=O)Nc1cccc(Nc2ncnc(N3CCN(c4ccc(OC(F)(F)F)cc4)CC3)n2)c1F. The number of benzene rings is 2. The third-order valence-corrected chi connectivity index (χ3v) is 5.11. The van der Waals surface area contributed by atoms with E-state index in [2.05, 4.69) is 30.3 Å². The van der Waals surface area contributed by atoms with Crippen LogP contribution in [0.5, 0.6) is 5.75 Å². The van der Waals surface area contributed by atoms with E-state index in [-0.39, 0.29) is 23.1 Å². The Morgan fingerprint density at radius 1 is 0.971 bits per heavy atom. The molecule has 0 spiro atoms. The number of piperazine rings is 1. The number of ether oxygens (including phenoxy) is 1. The van der Waals surface area contributed by atoms with Crippen molar-refractivity contribution in [1.29, 1.82) is 0 Å². The summed E-state index contributed by atoms with van der Waals surface area (Å²) in [6.45, 7) is 3.56. The van der Waals surface area contributed by atoms with Crippen molar-refractivity contribution in [2.45, 2.75) is 13.3 Å². The molecule has 1 aliphatic heterocycles. The molecule has 0 radical (unpaired) electrons. The van der Waals surface area contributed by atoms with Gasteiger partial charge in [-0.05, 0) is 36.4 Å². The number of nitrogens with one attached hydrogen (secondary N) is 2. The van der Waals surface area contributed by atoms with E-state index in [0.717, 1.165) is 5.69 Å². The van der Waals surface area contributed by atoms with Gasteiger partial charge < -0.3 is 25.2 Å². The molecule has 0 unspecified atom stereocenters. The van der Waals surface area contributed by atoms with Crippen LogP contribution in [0.25, 0.3) is 0 Å². The zero-order chi connectivity index (χ0) is 25.0. The molecule has 1 fully saturated rings. The predicted octanol–water partition coefficient (Wildman–Crippen LogP) is 3.94. The van der Waals surface area contributed by atoms with Gasteiger partial charge in [0.15, 0.2) is 5.82 Å². The van der Waals surface area contributed by atoms with Gasteiger partial charge in [0, 0.05) is 38.8 Å². The molecule has 2 N–H and O–H groups in total. The zero-order valence-corrected chi connectivity index (χ0v) is 18.5. The van der Waals surface area contributed by atoms with Gasteiger partial charge in [0.1, 0.15) is 12.1 Å². The summed E-state index contributed by atoms with van der Waals surface area (Å²) in [6.07, 6.45) is -3.42. The van der Waals surface area contributed by atoms with Crippen molar-refractivity contribution < 1.29 is 27.1 Å². The number of nitrogens with zero attached hydrogens (tertiary/aromatic N) is 5. The average Bonchev–Trinajstić information content (AvgIpc) is 2.81. The fraction of sp³-hybridized carbons (Fsp3) is 0.273. The van der Waals surface area contributed by atoms with Crippen LogP contribution in [0, 0.1) is 5.82 Å². The monoisotopic (exact) mass is 491 g/mol. The molecule has 0 bridgehead atoms. The Balaban J connectivity index is 1.39. The molecular formula is C22H21F4N7O2. The van der Waals surface area contributed by atoms with Crippen molar-refractivity contribution in [2.75, 3.05) is 46.6 Å². The second-order valence-electron chi connectivity index (χ2n) is 7.60. The molecule has 0 aliphatic carbocycles. The summed E-state index contributed by atoms with van der Waals surface area (Å²) in [6, 6.07) is 10.2. The maximum atomic E-state index is 14.7. The van der Waals surface area contributed by atoms with Crippen LogP contribution in [0.4, 0.5) is 46.5 Å². The second-order valence-corrected chi connectivity index (χ2v) is 7.60. The number of amides is 1. The molecule has 2 heterocycles. The molecule has 2 aromatic carbocycles. The lowest BCUT2D eigenvalue weighted by Crippen LogP contribution is -2.47. The first kappa shape index (κ1) is 24.0. The molecule has 1 saturated heterocycles. The number of alkyl halides is 3. The minimum absolute atomic E-state index is 0.0332. The molecular weight excluding hydrogens is 470 g/mol. The van der Waals surface area contributed by atoms with Gasteiger partial charge in [-0.25, -0.2) is 14.4 Å². The Labute approximate surface area is 197 Å². The normalized spacial score (nSPS) is 14.0. The highest BCUT2D eigenvalue weighted by Crippen LogP contribution is 2.27. The van der Waals surface area contributed by atoms with Crippen LogP contribution in [0.2, 0.25) is 0 Å². The summed E-state index contributed by atoms with van der Waals surface area (Å²) in [5, 5.41) is 5.22. The third kappa shape index (κ3) is 6.25. The van der Waals surface area contributed by atoms with Gasteiger partial charge >= 0.3 is 6.36 Å². The standard InChI is InChI=1S/C22H21F4N7O2/c1-14(34)29-17-3-2-4-18(19(17)23)30-20-27-13-28-21(31-20)33-11-9-32(10-12-33)15-5-7-16(8-6-15)35-22(24,25)26/h2-8,13H,9-12H2,1H3,(H,29,34)(H,27,28,30,31). The number of anilines is 5. The highest BCUT2D eigenvalue weighted by atomic mass is 19.4. The fourth-order valence-electron chi connectivity index (χ4n) is 3.56. The Morgan fingerprint density at radius 2 is 1.63 bits per heavy atom. The Bertz CT molecular complexity index is 1180. The van der Waals surface area contributed by atoms with E-state index >= 15 is 0 Å². The van der Waals surface area contributed by atoms with Gasteiger partial charge in [0.2, 0.25) is 17.8 Å². The number of carbonyl (C=O) groups excluding carboxylic acids is 1. The lowest BCUT2D eigenvalue weighted by atomic mass is 10.2. The van der Waals surface area contributed by atoms with E-state index < -0.39 is 18.1 Å². The fourth-order valence-corrected chi connectivity index (χ4v) is 3.56. The van der Waals surface area contributed by atoms with Crippen molar-refractivity contribution in [3.8, 4) is 5.75 Å². The molecule has 3 aromatic rings. The van der Waals surface area contributed by atoms with E-state index in [1.54, 1.807) is 18.2 Å². The molecule has 0 saturated carbocycles. The van der Waals surface area contributed by atoms with Gasteiger partial charge in [-0.15, -0.1) is 13.2 Å². The van der Waals surface area contributed by atoms with E-state index in [1.165, 1.54) is 37.5 Å². The Morgan fingerprint density at radius 3 is 2.29 bits per heavy atom. The van der Waals surface area contributed by atoms with Crippen molar-refractivity contribution >= 4 is 34.9 Å². The van der Waals surface area contributed by atoms with Crippen LogP contribution in [-0.2, 0) is 4.79 Å². The number of carbonyl (C=O) groups is 1. The Kier molecular flexibility index (Phi) is 6.85. The quantitative estimate of drug-likeness (QED) is 0.501. The van der Waals surface area contributed by atoms with Gasteiger partial charge in [0.05, 0.1) is 11.4 Å². The molecule has 1 amide bonds. The van der Waals surface area contributed by atoms with E-state index in [4.69, 9.17) is 0 Å². The van der Waals surface area contributed by atoms with Gasteiger partial charge in [0.25, 0.3) is 0 Å². The smallest absolute Gasteiger partial charge is 0.406 e. The largest absolute Gasteiger partial charge is 0.573 e. The summed E-state index contributed by atoms with van der Waals surface area (Å²) in [4.78, 5) is 27.8. The summed E-state index contributed by atoms with van der Waals surface area (Å²) < 4.78 is 55.6. The first-order valence-corrected chi connectivity index (χ1v) is 10.6. The number of aromatic nitrogens is 3. The number of hydrogen-bond donors (Lipinski definition) is 2. The van der Waals surface area contributed by atoms with Crippen molar-refractivity contribution in [1.82, 2.24) is 15.0 Å². The van der Waals surface area contributed by atoms with Crippen LogP contribution in [0.1, 0.15) is 6.92 Å². The van der Waals surface area contributed by atoms with Gasteiger partial charge in [-0.2, -0.15) is 4.98 Å². The van der Waals surface area contributed by atoms with Crippen molar-refractivity contribution in [2.24, 2.45) is 0 Å². The van der Waals surface area contributed by atoms with Crippen molar-refractivity contribution in [3.63, 3.8) is 0 Å². The van der Waals surface area contributed by atoms with E-state index in [9.17, 15) is 22.4 Å². The summed E-state index contributed by atoms with van der Waals surface area (Å²) >= 11 is 0. The van der Waals surface area contributed by atoms with E-state index in [1.807, 2.05) is 9.80 Å². The van der Waals surface area contributed by atoms with Crippen LogP contribution in [0.15, 0.2) is 48.8 Å². The molecule has 13 heteroatoms. The third-order valence-electron chi connectivity index (χ3n) is 5.11. The Hall–Kier alpha value is -4.16. The molecule has 1 aliphatic rings. The maximum absolute atomic E-state index is 14.7. The summed E-state index contributed by atoms with van der Waals surface area (Å²) in [7, 11) is 0. The van der Waals surface area contributed by atoms with Crippen LogP contribution in [-0.4, -0.2) is 53.4 Å². The molecule has 4 rings (SSSR count). The molecule has 35 heavy (non-hydrogen) atoms. The minimum atomic E-state index is -4.73. The predicted molar refractivity (Wildman–Crippen MR) is 121 cm³/mol. The van der Waals surface area contributed by atoms with Crippen LogP contribution >= 0.6 is 0 Å². The number of rotatable bonds is 6. The second kappa shape index (κ2) is 9.99. The minimum Gasteiger partial charge on any atom is -0.406 e. The summed E-state index contributed by atoms with van der Waals surface area (Å²) in [5.74, 6) is -0.784. The van der Waals surface area contributed by atoms with Crippen LogP contribution < -0.4 is 25.2 Å². The number of halogens is 4. The first-order chi connectivity index (χ1) is 16.7. The highest BCUT2D eigenvalue weighted by molar-refractivity contribution is 5.89. The maximum Gasteiger partial charge on any atom is 0.573 e. The van der Waals surface area contributed by atoms with Gasteiger partial charge in [-0.3, -0.25) is 4.79 Å². The first-order valence-electron chi connectivity index (χ1n) is 10.6. The topological polar surface area (TPSA) is 95.5 Å². The molecule has 1 aromatic heterocycles. The van der Waals surface area contributed by atoms with E-state index in [0.29, 0.717) is 32.1 Å². The summed E-state index contributed by atoms with van der Waals surface area (Å²) in [5.41, 5.74) is 0.897. The van der Waals surface area contributed by atoms with Crippen LogP contribution in [0.3, 0.4) is 0 Å². The molecule has 9 nitrogen and oxygen atoms in total. The average molecular weight is 491 g/mol. The van der Waals surface area contributed by atoms with Gasteiger partial charge in [-0.1, -0.05) is 6.07 Å². The van der Waals surface area contributed by atoms with Crippen molar-refractivity contribution in [3.05, 3.63) is 54.6 Å². The zero-order valence-electron chi connectivity index (χ0n) is 18.5. The number of hydrogen-bond acceptors (Lipinski definition) is 8. The lowest BCUT2D eigenvalue weighted by molar-refractivity contribution is -0.274. The lowest BCUT2D eigenvalue weighted by Gasteiger charge is -2.36. The molecule has 184 valence electrons.